The molecule has 7 nitrogen and oxygen atoms in total. The molecule has 8 heteroatoms. The lowest BCUT2D eigenvalue weighted by molar-refractivity contribution is -0.380. The summed E-state index contributed by atoms with van der Waals surface area (Å²) in [4.78, 5) is 15.0. The Kier molecular flexibility index (Phi) is 6.20. The fourth-order valence-electron chi connectivity index (χ4n) is 2.80. The van der Waals surface area contributed by atoms with E-state index >= 15 is 0 Å². The first-order valence-electron chi connectivity index (χ1n) is 8.68. The molecule has 0 saturated carbocycles. The van der Waals surface area contributed by atoms with Crippen molar-refractivity contribution in [1.29, 1.82) is 0 Å². The molecule has 0 bridgehead atoms. The highest BCUT2D eigenvalue weighted by Crippen LogP contribution is 2.25. The average molecular weight is 386 g/mol. The third-order valence-corrected chi connectivity index (χ3v) is 5.14. The second-order valence-corrected chi connectivity index (χ2v) is 7.10. The molecule has 0 spiro atoms. The summed E-state index contributed by atoms with van der Waals surface area (Å²) in [5.74, 6) is 1.69. The van der Waals surface area contributed by atoms with Gasteiger partial charge >= 0.3 is 5.00 Å². The molecule has 27 heavy (non-hydrogen) atoms. The predicted octanol–water partition coefficient (Wildman–Crippen LogP) is 4.11. The zero-order valence-electron chi connectivity index (χ0n) is 15.3. The molecule has 142 valence electrons. The minimum absolute atomic E-state index is 0.184. The number of rotatable bonds is 9. The van der Waals surface area contributed by atoms with Crippen molar-refractivity contribution in [1.82, 2.24) is 10.3 Å². The van der Waals surface area contributed by atoms with Gasteiger partial charge in [0, 0.05) is 29.9 Å². The Balaban J connectivity index is 1.45. The van der Waals surface area contributed by atoms with Crippen LogP contribution in [0.5, 0.6) is 5.75 Å². The van der Waals surface area contributed by atoms with E-state index < -0.39 is 0 Å². The molecule has 0 saturated heterocycles. The maximum Gasteiger partial charge on any atom is 0.324 e. The van der Waals surface area contributed by atoms with Crippen LogP contribution >= 0.6 is 11.3 Å². The van der Waals surface area contributed by atoms with E-state index in [-0.39, 0.29) is 9.92 Å². The lowest BCUT2D eigenvalue weighted by Crippen LogP contribution is -2.17. The zero-order chi connectivity index (χ0) is 19.2. The highest BCUT2D eigenvalue weighted by molar-refractivity contribution is 7.13. The first-order chi connectivity index (χ1) is 13.1. The summed E-state index contributed by atoms with van der Waals surface area (Å²) in [6.45, 7) is 4.32. The monoisotopic (exact) mass is 386 g/mol. The Labute approximate surface area is 161 Å². The lowest BCUT2D eigenvalue weighted by Gasteiger charge is -2.10. The largest absolute Gasteiger partial charge is 0.497 e. The Morgan fingerprint density at radius 2 is 2.11 bits per heavy atom. The van der Waals surface area contributed by atoms with Crippen LogP contribution in [0.25, 0.3) is 10.9 Å². The fraction of sp³-hybridized carbons (Fsp3) is 0.316. The van der Waals surface area contributed by atoms with Crippen LogP contribution in [-0.4, -0.2) is 30.1 Å². The summed E-state index contributed by atoms with van der Waals surface area (Å²) < 4.78 is 5.27. The molecular formula is C19H22N4O3S. The number of anilines is 1. The standard InChI is InChI=1S/C19H22N4O3S/c1-13-8-18(22-17-5-4-15(26-2)10-16(13)17)21-7-3-6-20-11-14-9-19(23(24)25)27-12-14/h4-5,8-10,12,20H,3,6-7,11H2,1-2H3,(H,21,22). The van der Waals surface area contributed by atoms with Gasteiger partial charge in [-0.1, -0.05) is 11.3 Å². The first kappa shape index (κ1) is 19.1. The molecule has 0 fully saturated rings. The SMILES string of the molecule is COc1ccc2nc(NCCCNCc3csc([N+](=O)[O-])c3)cc(C)c2c1. The summed E-state index contributed by atoms with van der Waals surface area (Å²) in [5.41, 5.74) is 3.04. The zero-order valence-corrected chi connectivity index (χ0v) is 16.1. The number of pyridine rings is 1. The summed E-state index contributed by atoms with van der Waals surface area (Å²) in [6.07, 6.45) is 0.924. The van der Waals surface area contributed by atoms with Gasteiger partial charge in [0.05, 0.1) is 17.5 Å². The minimum Gasteiger partial charge on any atom is -0.497 e. The van der Waals surface area contributed by atoms with Gasteiger partial charge in [0.25, 0.3) is 0 Å². The predicted molar refractivity (Wildman–Crippen MR) is 109 cm³/mol. The fourth-order valence-corrected chi connectivity index (χ4v) is 3.53. The van der Waals surface area contributed by atoms with Gasteiger partial charge in [0.1, 0.15) is 11.6 Å². The normalized spacial score (nSPS) is 10.9. The van der Waals surface area contributed by atoms with Crippen molar-refractivity contribution >= 4 is 33.1 Å². The van der Waals surface area contributed by atoms with Crippen LogP contribution in [0, 0.1) is 17.0 Å². The van der Waals surface area contributed by atoms with Gasteiger partial charge in [-0.3, -0.25) is 10.1 Å². The first-order valence-corrected chi connectivity index (χ1v) is 9.56. The second kappa shape index (κ2) is 8.79. The second-order valence-electron chi connectivity index (χ2n) is 6.21. The van der Waals surface area contributed by atoms with E-state index in [1.807, 2.05) is 29.6 Å². The van der Waals surface area contributed by atoms with E-state index in [0.717, 1.165) is 64.4 Å². The highest BCUT2D eigenvalue weighted by Gasteiger charge is 2.09. The molecule has 3 aromatic rings. The van der Waals surface area contributed by atoms with E-state index in [2.05, 4.69) is 22.5 Å². The number of ether oxygens (including phenoxy) is 1. The van der Waals surface area contributed by atoms with Crippen molar-refractivity contribution in [3.8, 4) is 5.75 Å². The Morgan fingerprint density at radius 1 is 1.26 bits per heavy atom. The number of benzene rings is 1. The van der Waals surface area contributed by atoms with Gasteiger partial charge in [-0.05, 0) is 55.3 Å². The number of hydrogen-bond donors (Lipinski definition) is 2. The van der Waals surface area contributed by atoms with Crippen LogP contribution in [0.1, 0.15) is 17.5 Å². The third kappa shape index (κ3) is 4.93. The maximum atomic E-state index is 10.7. The highest BCUT2D eigenvalue weighted by atomic mass is 32.1. The Bertz CT molecular complexity index is 942. The summed E-state index contributed by atoms with van der Waals surface area (Å²) in [7, 11) is 1.66. The van der Waals surface area contributed by atoms with Crippen molar-refractivity contribution in [2.45, 2.75) is 19.9 Å². The van der Waals surface area contributed by atoms with Crippen molar-refractivity contribution in [2.75, 3.05) is 25.5 Å². The van der Waals surface area contributed by atoms with Crippen molar-refractivity contribution in [2.24, 2.45) is 0 Å². The number of nitro groups is 1. The Hall–Kier alpha value is -2.71. The molecule has 2 aromatic heterocycles. The molecule has 2 N–H and O–H groups in total. The number of nitrogens with one attached hydrogen (secondary N) is 2. The van der Waals surface area contributed by atoms with E-state index in [9.17, 15) is 10.1 Å². The number of methoxy groups -OCH3 is 1. The van der Waals surface area contributed by atoms with Gasteiger partial charge < -0.3 is 15.4 Å². The van der Waals surface area contributed by atoms with Crippen molar-refractivity contribution < 1.29 is 9.66 Å². The van der Waals surface area contributed by atoms with Crippen molar-refractivity contribution in [3.05, 3.63) is 57.0 Å². The summed E-state index contributed by atoms with van der Waals surface area (Å²) in [6, 6.07) is 9.54. The smallest absolute Gasteiger partial charge is 0.324 e. The van der Waals surface area contributed by atoms with Crippen LogP contribution < -0.4 is 15.4 Å². The average Bonchev–Trinajstić information content (AvgIpc) is 3.13. The van der Waals surface area contributed by atoms with E-state index in [0.29, 0.717) is 6.54 Å². The molecule has 2 heterocycles. The van der Waals surface area contributed by atoms with E-state index in [1.165, 1.54) is 0 Å². The topological polar surface area (TPSA) is 89.3 Å². The molecule has 0 radical (unpaired) electrons. The van der Waals surface area contributed by atoms with Gasteiger partial charge in [-0.15, -0.1) is 0 Å². The minimum atomic E-state index is -0.354. The third-order valence-electron chi connectivity index (χ3n) is 4.21. The molecule has 0 unspecified atom stereocenters. The van der Waals surface area contributed by atoms with Crippen LogP contribution in [0.3, 0.4) is 0 Å². The summed E-state index contributed by atoms with van der Waals surface area (Å²) in [5, 5.41) is 20.4. The number of aryl methyl sites for hydroxylation is 1. The molecule has 3 rings (SSSR count). The lowest BCUT2D eigenvalue weighted by atomic mass is 10.1. The number of aromatic nitrogens is 1. The molecule has 0 aliphatic rings. The molecule has 0 atom stereocenters. The quantitative estimate of drug-likeness (QED) is 0.327. The van der Waals surface area contributed by atoms with Gasteiger partial charge in [0.2, 0.25) is 0 Å². The van der Waals surface area contributed by atoms with Crippen LogP contribution in [-0.2, 0) is 6.54 Å². The summed E-state index contributed by atoms with van der Waals surface area (Å²) >= 11 is 1.16. The van der Waals surface area contributed by atoms with Crippen LogP contribution in [0.15, 0.2) is 35.7 Å². The van der Waals surface area contributed by atoms with Gasteiger partial charge in [-0.2, -0.15) is 0 Å². The number of nitrogens with zero attached hydrogens (tertiary/aromatic N) is 2. The van der Waals surface area contributed by atoms with E-state index in [4.69, 9.17) is 4.74 Å². The molecule has 0 aliphatic heterocycles. The number of fused-ring (bicyclic) bond motifs is 1. The van der Waals surface area contributed by atoms with Crippen molar-refractivity contribution in [3.63, 3.8) is 0 Å². The molecule has 0 amide bonds. The van der Waals surface area contributed by atoms with Crippen LogP contribution in [0.4, 0.5) is 10.8 Å². The van der Waals surface area contributed by atoms with Gasteiger partial charge in [0.15, 0.2) is 0 Å². The maximum absolute atomic E-state index is 10.7. The van der Waals surface area contributed by atoms with Crippen LogP contribution in [0.2, 0.25) is 0 Å². The number of hydrogen-bond acceptors (Lipinski definition) is 7. The number of thiophene rings is 1. The molecule has 1 aromatic carbocycles. The molecule has 0 aliphatic carbocycles. The molecular weight excluding hydrogens is 364 g/mol. The Morgan fingerprint density at radius 3 is 2.85 bits per heavy atom. The van der Waals surface area contributed by atoms with E-state index in [1.54, 1.807) is 13.2 Å². The van der Waals surface area contributed by atoms with Gasteiger partial charge in [-0.25, -0.2) is 4.98 Å².